The Morgan fingerprint density at radius 1 is 1.24 bits per heavy atom. The number of nitrogens with zero attached hydrogens (tertiary/aromatic N) is 1. The van der Waals surface area contributed by atoms with Crippen LogP contribution in [0.3, 0.4) is 0 Å². The van der Waals surface area contributed by atoms with Crippen LogP contribution in [0.5, 0.6) is 0 Å². The van der Waals surface area contributed by atoms with Gasteiger partial charge in [-0.05, 0) is 43.4 Å². The highest BCUT2D eigenvalue weighted by Crippen LogP contribution is 2.52. The molecule has 1 N–H and O–H groups in total. The van der Waals surface area contributed by atoms with E-state index in [1.54, 1.807) is 0 Å². The zero-order valence-electron chi connectivity index (χ0n) is 11.9. The van der Waals surface area contributed by atoms with Gasteiger partial charge in [0.2, 0.25) is 0 Å². The van der Waals surface area contributed by atoms with Crippen LogP contribution < -0.4 is 0 Å². The van der Waals surface area contributed by atoms with Gasteiger partial charge < -0.3 is 14.7 Å². The Kier molecular flexibility index (Phi) is 4.14. The third-order valence-electron chi connectivity index (χ3n) is 4.71. The van der Waals surface area contributed by atoms with Gasteiger partial charge in [-0.1, -0.05) is 12.2 Å². The highest BCUT2D eigenvalue weighted by molar-refractivity contribution is 5.78. The van der Waals surface area contributed by atoms with Crippen molar-refractivity contribution in [1.29, 1.82) is 0 Å². The summed E-state index contributed by atoms with van der Waals surface area (Å²) in [6.07, 6.45) is 7.45. The molecule has 1 heterocycles. The number of hydroxylamine groups is 2. The molecule has 1 aliphatic heterocycles. The molecule has 0 aromatic heterocycles. The van der Waals surface area contributed by atoms with Crippen molar-refractivity contribution in [1.82, 2.24) is 5.06 Å². The lowest BCUT2D eigenvalue weighted by atomic mass is 10.1. The Morgan fingerprint density at radius 3 is 2.48 bits per heavy atom. The van der Waals surface area contributed by atoms with Gasteiger partial charge in [0.25, 0.3) is 5.91 Å². The molecule has 6 heteroatoms. The molecule has 2 fully saturated rings. The van der Waals surface area contributed by atoms with Crippen LogP contribution in [-0.2, 0) is 14.4 Å². The van der Waals surface area contributed by atoms with Crippen molar-refractivity contribution in [2.45, 2.75) is 44.8 Å². The van der Waals surface area contributed by atoms with Crippen LogP contribution in [0.1, 0.15) is 38.5 Å². The molecule has 0 aromatic carbocycles. The average Bonchev–Trinajstić information content (AvgIpc) is 2.98. The van der Waals surface area contributed by atoms with Crippen LogP contribution in [0.2, 0.25) is 0 Å². The van der Waals surface area contributed by atoms with Crippen LogP contribution in [0.4, 0.5) is 4.79 Å². The first-order chi connectivity index (χ1) is 10.2. The van der Waals surface area contributed by atoms with Gasteiger partial charge in [-0.25, -0.2) is 4.79 Å². The maximum absolute atomic E-state index is 11.6. The third-order valence-corrected chi connectivity index (χ3v) is 4.71. The summed E-state index contributed by atoms with van der Waals surface area (Å²) < 4.78 is 5.11. The fourth-order valence-electron chi connectivity index (χ4n) is 3.47. The monoisotopic (exact) mass is 295 g/mol. The third kappa shape index (κ3) is 3.20. The van der Waals surface area contributed by atoms with Gasteiger partial charge >= 0.3 is 6.16 Å². The fraction of sp³-hybridized carbons (Fsp3) is 0.733. The van der Waals surface area contributed by atoms with Gasteiger partial charge in [0.1, 0.15) is 0 Å². The Morgan fingerprint density at radius 2 is 1.90 bits per heavy atom. The van der Waals surface area contributed by atoms with Crippen LogP contribution >= 0.6 is 0 Å². The molecule has 3 rings (SSSR count). The molecule has 116 valence electrons. The van der Waals surface area contributed by atoms with Crippen LogP contribution in [0.25, 0.3) is 0 Å². The number of rotatable bonds is 3. The second-order valence-corrected chi connectivity index (χ2v) is 6.01. The van der Waals surface area contributed by atoms with E-state index in [-0.39, 0.29) is 12.8 Å². The largest absolute Gasteiger partial charge is 0.533 e. The second-order valence-electron chi connectivity index (χ2n) is 6.01. The number of ether oxygens (including phenoxy) is 1. The van der Waals surface area contributed by atoms with Gasteiger partial charge in [-0.15, -0.1) is 5.06 Å². The normalized spacial score (nSPS) is 36.4. The zero-order chi connectivity index (χ0) is 14.8. The minimum Gasteiger partial charge on any atom is -0.432 e. The predicted molar refractivity (Wildman–Crippen MR) is 72.6 cm³/mol. The Bertz CT molecular complexity index is 433. The summed E-state index contributed by atoms with van der Waals surface area (Å²) in [5.41, 5.74) is 0. The number of amides is 1. The number of aliphatic hydroxyl groups is 1. The molecule has 1 saturated carbocycles. The minimum atomic E-state index is -1.05. The first-order valence-electron chi connectivity index (χ1n) is 7.66. The SMILES string of the molecule is O=C(OCC1[C@H]2CC/C=C\CC[C@@H]12)ON1C(=O)CCC1O. The molecule has 0 aromatic rings. The molecule has 2 unspecified atom stereocenters. The molecule has 21 heavy (non-hydrogen) atoms. The summed E-state index contributed by atoms with van der Waals surface area (Å²) in [6.45, 7) is 0.340. The lowest BCUT2D eigenvalue weighted by molar-refractivity contribution is -0.199. The molecule has 0 radical (unpaired) electrons. The topological polar surface area (TPSA) is 76.1 Å². The number of aliphatic hydroxyl groups excluding tert-OH is 1. The van der Waals surface area contributed by atoms with Crippen molar-refractivity contribution in [3.8, 4) is 0 Å². The summed E-state index contributed by atoms with van der Waals surface area (Å²) in [6, 6.07) is 0. The fourth-order valence-corrected chi connectivity index (χ4v) is 3.47. The van der Waals surface area contributed by atoms with Gasteiger partial charge in [0.15, 0.2) is 6.23 Å². The van der Waals surface area contributed by atoms with E-state index >= 15 is 0 Å². The lowest BCUT2D eigenvalue weighted by Crippen LogP contribution is -2.35. The quantitative estimate of drug-likeness (QED) is 0.636. The highest BCUT2D eigenvalue weighted by atomic mass is 16.8. The van der Waals surface area contributed by atoms with Crippen LogP contribution in [0, 0.1) is 17.8 Å². The van der Waals surface area contributed by atoms with E-state index in [9.17, 15) is 14.7 Å². The molecule has 1 saturated heterocycles. The molecule has 6 nitrogen and oxygen atoms in total. The van der Waals surface area contributed by atoms with E-state index in [0.29, 0.717) is 29.4 Å². The summed E-state index contributed by atoms with van der Waals surface area (Å²) in [7, 11) is 0. The molecule has 1 amide bonds. The van der Waals surface area contributed by atoms with Gasteiger partial charge in [-0.2, -0.15) is 0 Å². The number of carbonyl (C=O) groups excluding carboxylic acids is 2. The number of fused-ring (bicyclic) bond motifs is 1. The second kappa shape index (κ2) is 6.05. The number of hydrogen-bond donors (Lipinski definition) is 1. The highest BCUT2D eigenvalue weighted by Gasteiger charge is 2.49. The number of hydrogen-bond acceptors (Lipinski definition) is 5. The predicted octanol–water partition coefficient (Wildman–Crippen LogP) is 1.99. The Balaban J connectivity index is 1.41. The minimum absolute atomic E-state index is 0.189. The number of carbonyl (C=O) groups is 2. The zero-order valence-corrected chi connectivity index (χ0v) is 11.9. The van der Waals surface area contributed by atoms with Crippen molar-refractivity contribution in [3.63, 3.8) is 0 Å². The molecule has 0 bridgehead atoms. The van der Waals surface area contributed by atoms with E-state index in [4.69, 9.17) is 9.57 Å². The standard InChI is InChI=1S/C15H21NO5/c17-13-7-8-14(18)16(13)21-15(19)20-9-12-10-5-3-1-2-4-6-11(10)12/h1-2,10-13,17H,3-9H2/b2-1-/t10-,11+,12?,13?. The van der Waals surface area contributed by atoms with Gasteiger partial charge in [0, 0.05) is 12.8 Å². The van der Waals surface area contributed by atoms with Gasteiger partial charge in [-0.3, -0.25) is 4.79 Å². The van der Waals surface area contributed by atoms with Crippen molar-refractivity contribution in [2.75, 3.05) is 6.61 Å². The molecule has 2 aliphatic carbocycles. The van der Waals surface area contributed by atoms with Crippen molar-refractivity contribution >= 4 is 12.1 Å². The first kappa shape index (κ1) is 14.4. The number of allylic oxidation sites excluding steroid dienone is 2. The van der Waals surface area contributed by atoms with Crippen molar-refractivity contribution in [3.05, 3.63) is 12.2 Å². The summed E-state index contributed by atoms with van der Waals surface area (Å²) >= 11 is 0. The van der Waals surface area contributed by atoms with E-state index in [0.717, 1.165) is 25.7 Å². The Hall–Kier alpha value is -1.56. The van der Waals surface area contributed by atoms with Gasteiger partial charge in [0.05, 0.1) is 6.61 Å². The summed E-state index contributed by atoms with van der Waals surface area (Å²) in [5.74, 6) is 1.30. The van der Waals surface area contributed by atoms with E-state index < -0.39 is 18.3 Å². The average molecular weight is 295 g/mol. The molecular formula is C15H21NO5. The maximum atomic E-state index is 11.6. The molecular weight excluding hydrogens is 274 g/mol. The van der Waals surface area contributed by atoms with Crippen LogP contribution in [-0.4, -0.2) is 35.1 Å². The summed E-state index contributed by atoms with van der Waals surface area (Å²) in [5, 5.41) is 10.2. The van der Waals surface area contributed by atoms with E-state index in [2.05, 4.69) is 12.2 Å². The van der Waals surface area contributed by atoms with E-state index in [1.165, 1.54) is 0 Å². The Labute approximate surface area is 123 Å². The maximum Gasteiger partial charge on any atom is 0.533 e. The first-order valence-corrected chi connectivity index (χ1v) is 7.66. The lowest BCUT2D eigenvalue weighted by Gasteiger charge is -2.18. The van der Waals surface area contributed by atoms with E-state index in [1.807, 2.05) is 0 Å². The van der Waals surface area contributed by atoms with Crippen LogP contribution in [0.15, 0.2) is 12.2 Å². The molecule has 0 spiro atoms. The van der Waals surface area contributed by atoms with Crippen molar-refractivity contribution < 1.29 is 24.3 Å². The molecule has 3 aliphatic rings. The summed E-state index contributed by atoms with van der Waals surface area (Å²) in [4.78, 5) is 27.8. The van der Waals surface area contributed by atoms with Crippen molar-refractivity contribution in [2.24, 2.45) is 17.8 Å². The molecule has 4 atom stereocenters. The smallest absolute Gasteiger partial charge is 0.432 e.